The van der Waals surface area contributed by atoms with Crippen molar-refractivity contribution < 1.29 is 22.7 Å². The van der Waals surface area contributed by atoms with Gasteiger partial charge in [0, 0.05) is 19.1 Å². The molecule has 1 N–H and O–H groups in total. The molecule has 166 valence electrons. The van der Waals surface area contributed by atoms with E-state index in [2.05, 4.69) is 5.32 Å². The van der Waals surface area contributed by atoms with Gasteiger partial charge in [-0.15, -0.1) is 0 Å². The highest BCUT2D eigenvalue weighted by atomic mass is 32.2. The normalized spacial score (nSPS) is 21.5. The van der Waals surface area contributed by atoms with Crippen LogP contribution in [0.2, 0.25) is 0 Å². The number of ether oxygens (including phenoxy) is 2. The van der Waals surface area contributed by atoms with E-state index in [0.717, 1.165) is 24.8 Å². The van der Waals surface area contributed by atoms with E-state index in [9.17, 15) is 13.2 Å². The molecule has 0 aliphatic carbocycles. The lowest BCUT2D eigenvalue weighted by Gasteiger charge is -2.35. The zero-order valence-corrected chi connectivity index (χ0v) is 18.4. The van der Waals surface area contributed by atoms with Crippen LogP contribution in [0.4, 0.5) is 0 Å². The number of fused-ring (bicyclic) bond motifs is 1. The number of hydrogen-bond donors (Lipinski definition) is 1. The molecule has 31 heavy (non-hydrogen) atoms. The Bertz CT molecular complexity index is 1020. The van der Waals surface area contributed by atoms with E-state index in [1.165, 1.54) is 0 Å². The predicted octanol–water partition coefficient (Wildman–Crippen LogP) is 2.88. The number of para-hydroxylation sites is 2. The molecule has 0 radical (unpaired) electrons. The number of benzene rings is 2. The Morgan fingerprint density at radius 1 is 1.10 bits per heavy atom. The maximum Gasteiger partial charge on any atom is 0.264 e. The first-order chi connectivity index (χ1) is 14.9. The van der Waals surface area contributed by atoms with Gasteiger partial charge in [0.05, 0.1) is 4.90 Å². The van der Waals surface area contributed by atoms with Crippen molar-refractivity contribution in [3.05, 3.63) is 54.1 Å². The van der Waals surface area contributed by atoms with Crippen LogP contribution in [0.25, 0.3) is 0 Å². The SMILES string of the molecule is Cc1ccc(S(=O)(=O)N2CCCCC2CCNC(=O)C2COc3ccccc3O2)cc1. The lowest BCUT2D eigenvalue weighted by atomic mass is 10.0. The van der Waals surface area contributed by atoms with Crippen molar-refractivity contribution in [1.82, 2.24) is 9.62 Å². The van der Waals surface area contributed by atoms with Gasteiger partial charge >= 0.3 is 0 Å². The Morgan fingerprint density at radius 3 is 2.61 bits per heavy atom. The Balaban J connectivity index is 1.35. The van der Waals surface area contributed by atoms with E-state index in [1.807, 2.05) is 31.2 Å². The first kappa shape index (κ1) is 21.6. The van der Waals surface area contributed by atoms with Crippen LogP contribution in [-0.2, 0) is 14.8 Å². The van der Waals surface area contributed by atoms with Gasteiger partial charge in [0.2, 0.25) is 16.1 Å². The number of carbonyl (C=O) groups is 1. The first-order valence-corrected chi connectivity index (χ1v) is 12.1. The predicted molar refractivity (Wildman–Crippen MR) is 117 cm³/mol. The summed E-state index contributed by atoms with van der Waals surface area (Å²) in [4.78, 5) is 12.9. The highest BCUT2D eigenvalue weighted by molar-refractivity contribution is 7.89. The molecule has 0 saturated carbocycles. The Kier molecular flexibility index (Phi) is 6.48. The summed E-state index contributed by atoms with van der Waals surface area (Å²) >= 11 is 0. The van der Waals surface area contributed by atoms with E-state index < -0.39 is 16.1 Å². The minimum absolute atomic E-state index is 0.135. The molecule has 2 aliphatic rings. The van der Waals surface area contributed by atoms with Crippen LogP contribution in [0.3, 0.4) is 0 Å². The summed E-state index contributed by atoms with van der Waals surface area (Å²) in [6, 6.07) is 14.1. The number of piperidine rings is 1. The number of nitrogens with one attached hydrogen (secondary N) is 1. The number of rotatable bonds is 6. The van der Waals surface area contributed by atoms with Crippen molar-refractivity contribution in [2.45, 2.75) is 49.6 Å². The average molecular weight is 445 g/mol. The number of sulfonamides is 1. The molecule has 1 amide bonds. The van der Waals surface area contributed by atoms with Crippen LogP contribution < -0.4 is 14.8 Å². The molecule has 1 saturated heterocycles. The van der Waals surface area contributed by atoms with Crippen LogP contribution in [-0.4, -0.2) is 50.5 Å². The molecule has 0 aromatic heterocycles. The molecule has 2 heterocycles. The first-order valence-electron chi connectivity index (χ1n) is 10.7. The second-order valence-electron chi connectivity index (χ2n) is 8.02. The van der Waals surface area contributed by atoms with Crippen LogP contribution >= 0.6 is 0 Å². The largest absolute Gasteiger partial charge is 0.485 e. The van der Waals surface area contributed by atoms with E-state index >= 15 is 0 Å². The Hall–Kier alpha value is -2.58. The van der Waals surface area contributed by atoms with E-state index in [0.29, 0.717) is 35.9 Å². The Labute approximate surface area is 183 Å². The molecule has 2 aromatic rings. The van der Waals surface area contributed by atoms with E-state index in [1.54, 1.807) is 28.6 Å². The van der Waals surface area contributed by atoms with Gasteiger partial charge in [-0.2, -0.15) is 4.31 Å². The topological polar surface area (TPSA) is 84.9 Å². The molecular formula is C23H28N2O5S. The molecule has 4 rings (SSSR count). The molecule has 2 atom stereocenters. The summed E-state index contributed by atoms with van der Waals surface area (Å²) < 4.78 is 39.3. The van der Waals surface area contributed by atoms with Gasteiger partial charge in [-0.25, -0.2) is 8.42 Å². The molecule has 7 nitrogen and oxygen atoms in total. The standard InChI is InChI=1S/C23H28N2O5S/c1-17-9-11-19(12-10-17)31(27,28)25-15-5-4-6-18(25)13-14-24-23(26)22-16-29-20-7-2-3-8-21(20)30-22/h2-3,7-12,18,22H,4-6,13-16H2,1H3,(H,24,26). The third kappa shape index (κ3) is 4.85. The zero-order valence-electron chi connectivity index (χ0n) is 17.6. The fourth-order valence-electron chi connectivity index (χ4n) is 4.05. The average Bonchev–Trinajstić information content (AvgIpc) is 2.79. The summed E-state index contributed by atoms with van der Waals surface area (Å²) in [5.41, 5.74) is 1.02. The van der Waals surface area contributed by atoms with Gasteiger partial charge < -0.3 is 14.8 Å². The Morgan fingerprint density at radius 2 is 1.84 bits per heavy atom. The number of hydrogen-bond acceptors (Lipinski definition) is 5. The van der Waals surface area contributed by atoms with Crippen LogP contribution in [0.1, 0.15) is 31.2 Å². The van der Waals surface area contributed by atoms with Crippen molar-refractivity contribution in [3.63, 3.8) is 0 Å². The van der Waals surface area contributed by atoms with Crippen molar-refractivity contribution in [2.24, 2.45) is 0 Å². The molecule has 0 spiro atoms. The maximum atomic E-state index is 13.2. The van der Waals surface area contributed by atoms with Gasteiger partial charge in [0.15, 0.2) is 11.5 Å². The van der Waals surface area contributed by atoms with Crippen molar-refractivity contribution in [2.75, 3.05) is 19.7 Å². The van der Waals surface area contributed by atoms with Gasteiger partial charge in [-0.3, -0.25) is 4.79 Å². The number of carbonyl (C=O) groups excluding carboxylic acids is 1. The second kappa shape index (κ2) is 9.28. The van der Waals surface area contributed by atoms with Crippen molar-refractivity contribution in [1.29, 1.82) is 0 Å². The summed E-state index contributed by atoms with van der Waals surface area (Å²) in [7, 11) is -3.56. The molecular weight excluding hydrogens is 416 g/mol. The molecule has 2 unspecified atom stereocenters. The summed E-state index contributed by atoms with van der Waals surface area (Å²) in [6.07, 6.45) is 2.46. The molecule has 1 fully saturated rings. The number of aryl methyl sites for hydroxylation is 1. The quantitative estimate of drug-likeness (QED) is 0.741. The smallest absolute Gasteiger partial charge is 0.264 e. The van der Waals surface area contributed by atoms with Gasteiger partial charge in [-0.1, -0.05) is 36.2 Å². The van der Waals surface area contributed by atoms with Gasteiger partial charge in [0.1, 0.15) is 6.61 Å². The summed E-state index contributed by atoms with van der Waals surface area (Å²) in [6.45, 7) is 2.97. The molecule has 2 aromatic carbocycles. The third-order valence-electron chi connectivity index (χ3n) is 5.78. The number of nitrogens with zero attached hydrogens (tertiary/aromatic N) is 1. The second-order valence-corrected chi connectivity index (χ2v) is 9.91. The molecule has 0 bridgehead atoms. The maximum absolute atomic E-state index is 13.2. The summed E-state index contributed by atoms with van der Waals surface area (Å²) in [5, 5.41) is 2.88. The minimum atomic E-state index is -3.56. The number of amides is 1. The van der Waals surface area contributed by atoms with Crippen LogP contribution in [0.5, 0.6) is 11.5 Å². The minimum Gasteiger partial charge on any atom is -0.485 e. The molecule has 2 aliphatic heterocycles. The zero-order chi connectivity index (χ0) is 21.8. The highest BCUT2D eigenvalue weighted by Gasteiger charge is 2.33. The fraction of sp³-hybridized carbons (Fsp3) is 0.435. The van der Waals surface area contributed by atoms with Crippen LogP contribution in [0.15, 0.2) is 53.4 Å². The summed E-state index contributed by atoms with van der Waals surface area (Å²) in [5.74, 6) is 0.931. The monoisotopic (exact) mass is 444 g/mol. The molecule has 8 heteroatoms. The lowest BCUT2D eigenvalue weighted by molar-refractivity contribution is -0.130. The van der Waals surface area contributed by atoms with Crippen LogP contribution in [0, 0.1) is 6.92 Å². The van der Waals surface area contributed by atoms with Crippen molar-refractivity contribution in [3.8, 4) is 11.5 Å². The van der Waals surface area contributed by atoms with Gasteiger partial charge in [0.25, 0.3) is 5.91 Å². The van der Waals surface area contributed by atoms with Crippen molar-refractivity contribution >= 4 is 15.9 Å². The highest BCUT2D eigenvalue weighted by Crippen LogP contribution is 2.31. The fourth-order valence-corrected chi connectivity index (χ4v) is 5.77. The third-order valence-corrected chi connectivity index (χ3v) is 7.74. The lowest BCUT2D eigenvalue weighted by Crippen LogP contribution is -2.47. The van der Waals surface area contributed by atoms with Gasteiger partial charge in [-0.05, 0) is 50.5 Å². The van der Waals surface area contributed by atoms with E-state index in [4.69, 9.17) is 9.47 Å². The van der Waals surface area contributed by atoms with E-state index in [-0.39, 0.29) is 18.6 Å².